The van der Waals surface area contributed by atoms with E-state index >= 15 is 0 Å². The Morgan fingerprint density at radius 2 is 0.882 bits per heavy atom. The largest absolute Gasteiger partial charge is 0.292 e. The summed E-state index contributed by atoms with van der Waals surface area (Å²) in [5.41, 5.74) is 3.90. The Hall–Kier alpha value is -3.18. The Kier molecular flexibility index (Phi) is 8.46. The second kappa shape index (κ2) is 11.3. The standard InChI is InChI=1S/C24H26N4O4S2/c25-33(29,30)23-9-5-19(6-10-23)13-15-27-17-21-1-2-22(4-3-21)18-28-16-14-20-7-11-24(12-8-20)34(26,31)32/h1-12,17-18H,13-16H2,(H2,25,29,30)(H2,26,31,32). The molecule has 0 bridgehead atoms. The number of benzene rings is 3. The van der Waals surface area contributed by atoms with Crippen LogP contribution in [-0.2, 0) is 32.9 Å². The van der Waals surface area contributed by atoms with Crippen molar-refractivity contribution in [1.29, 1.82) is 0 Å². The fourth-order valence-corrected chi connectivity index (χ4v) is 4.12. The van der Waals surface area contributed by atoms with Crippen LogP contribution < -0.4 is 10.3 Å². The van der Waals surface area contributed by atoms with Gasteiger partial charge in [0.1, 0.15) is 0 Å². The van der Waals surface area contributed by atoms with E-state index in [1.165, 1.54) is 24.3 Å². The Labute approximate surface area is 200 Å². The van der Waals surface area contributed by atoms with Crippen LogP contribution in [0, 0.1) is 0 Å². The molecule has 10 heteroatoms. The van der Waals surface area contributed by atoms with Crippen molar-refractivity contribution in [3.63, 3.8) is 0 Å². The molecule has 3 rings (SSSR count). The lowest BCUT2D eigenvalue weighted by Gasteiger charge is -2.01. The maximum absolute atomic E-state index is 11.3. The highest BCUT2D eigenvalue weighted by molar-refractivity contribution is 7.89. The van der Waals surface area contributed by atoms with Gasteiger partial charge in [-0.1, -0.05) is 48.5 Å². The monoisotopic (exact) mass is 498 g/mol. The van der Waals surface area contributed by atoms with Crippen LogP contribution in [0.3, 0.4) is 0 Å². The highest BCUT2D eigenvalue weighted by Gasteiger charge is 2.07. The van der Waals surface area contributed by atoms with Gasteiger partial charge in [0, 0.05) is 25.5 Å². The summed E-state index contributed by atoms with van der Waals surface area (Å²) in [7, 11) is -7.34. The molecular formula is C24H26N4O4S2. The van der Waals surface area contributed by atoms with E-state index in [2.05, 4.69) is 9.98 Å². The third-order valence-electron chi connectivity index (χ3n) is 4.98. The summed E-state index contributed by atoms with van der Waals surface area (Å²) in [4.78, 5) is 9.04. The number of nitrogens with zero attached hydrogens (tertiary/aromatic N) is 2. The van der Waals surface area contributed by atoms with Gasteiger partial charge in [-0.05, 0) is 59.4 Å². The normalized spacial score (nSPS) is 12.5. The molecule has 0 saturated carbocycles. The lowest BCUT2D eigenvalue weighted by atomic mass is 10.1. The molecule has 34 heavy (non-hydrogen) atoms. The molecule has 0 saturated heterocycles. The summed E-state index contributed by atoms with van der Waals surface area (Å²) < 4.78 is 45.1. The number of hydrogen-bond acceptors (Lipinski definition) is 6. The Morgan fingerprint density at radius 3 is 1.18 bits per heavy atom. The molecular weight excluding hydrogens is 472 g/mol. The quantitative estimate of drug-likeness (QED) is 0.413. The summed E-state index contributed by atoms with van der Waals surface area (Å²) in [6.07, 6.45) is 4.98. The van der Waals surface area contributed by atoms with Crippen molar-refractivity contribution < 1.29 is 16.8 Å². The number of aliphatic imine (C=N–C) groups is 2. The van der Waals surface area contributed by atoms with Crippen molar-refractivity contribution in [3.8, 4) is 0 Å². The van der Waals surface area contributed by atoms with Crippen molar-refractivity contribution in [2.45, 2.75) is 22.6 Å². The summed E-state index contributed by atoms with van der Waals surface area (Å²) in [6, 6.07) is 20.8. The zero-order valence-corrected chi connectivity index (χ0v) is 20.0. The molecule has 0 aromatic heterocycles. The Morgan fingerprint density at radius 1 is 0.559 bits per heavy atom. The van der Waals surface area contributed by atoms with Crippen LogP contribution in [0.1, 0.15) is 22.3 Å². The van der Waals surface area contributed by atoms with Gasteiger partial charge in [0.2, 0.25) is 20.0 Å². The van der Waals surface area contributed by atoms with Crippen LogP contribution in [0.25, 0.3) is 0 Å². The van der Waals surface area contributed by atoms with Crippen molar-refractivity contribution in [2.75, 3.05) is 13.1 Å². The van der Waals surface area contributed by atoms with Gasteiger partial charge in [-0.25, -0.2) is 27.1 Å². The van der Waals surface area contributed by atoms with E-state index in [9.17, 15) is 16.8 Å². The first-order valence-electron chi connectivity index (χ1n) is 10.4. The number of primary sulfonamides is 2. The molecule has 0 aliphatic heterocycles. The Balaban J connectivity index is 1.43. The van der Waals surface area contributed by atoms with Crippen molar-refractivity contribution >= 4 is 32.5 Å². The van der Waals surface area contributed by atoms with Crippen molar-refractivity contribution in [2.24, 2.45) is 20.3 Å². The minimum Gasteiger partial charge on any atom is -0.292 e. The molecule has 0 unspecified atom stereocenters. The fraction of sp³-hybridized carbons (Fsp3) is 0.167. The van der Waals surface area contributed by atoms with Gasteiger partial charge in [-0.15, -0.1) is 0 Å². The molecule has 3 aromatic rings. The van der Waals surface area contributed by atoms with Crippen LogP contribution >= 0.6 is 0 Å². The lowest BCUT2D eigenvalue weighted by molar-refractivity contribution is 0.596. The second-order valence-corrected chi connectivity index (χ2v) is 10.7. The Bertz CT molecular complexity index is 1260. The van der Waals surface area contributed by atoms with Gasteiger partial charge >= 0.3 is 0 Å². The molecule has 178 valence electrons. The summed E-state index contributed by atoms with van der Waals surface area (Å²) in [5.74, 6) is 0. The minimum absolute atomic E-state index is 0.0992. The first-order chi connectivity index (χ1) is 16.1. The second-order valence-electron chi connectivity index (χ2n) is 7.62. The average molecular weight is 499 g/mol. The molecule has 0 fully saturated rings. The smallest absolute Gasteiger partial charge is 0.238 e. The van der Waals surface area contributed by atoms with E-state index in [0.717, 1.165) is 22.3 Å². The van der Waals surface area contributed by atoms with Gasteiger partial charge in [0.25, 0.3) is 0 Å². The van der Waals surface area contributed by atoms with Crippen LogP contribution in [0.2, 0.25) is 0 Å². The van der Waals surface area contributed by atoms with Crippen molar-refractivity contribution in [1.82, 2.24) is 0 Å². The van der Waals surface area contributed by atoms with E-state index in [4.69, 9.17) is 10.3 Å². The maximum atomic E-state index is 11.3. The molecule has 0 spiro atoms. The van der Waals surface area contributed by atoms with E-state index in [1.807, 2.05) is 24.3 Å². The third kappa shape index (κ3) is 7.99. The van der Waals surface area contributed by atoms with Gasteiger partial charge in [-0.3, -0.25) is 9.98 Å². The molecule has 0 atom stereocenters. The number of nitrogens with two attached hydrogens (primary N) is 2. The molecule has 0 heterocycles. The predicted molar refractivity (Wildman–Crippen MR) is 134 cm³/mol. The average Bonchev–Trinajstić information content (AvgIpc) is 2.80. The van der Waals surface area contributed by atoms with E-state index < -0.39 is 20.0 Å². The fourth-order valence-electron chi connectivity index (χ4n) is 3.09. The molecule has 0 radical (unpaired) electrons. The third-order valence-corrected chi connectivity index (χ3v) is 6.84. The number of hydrogen-bond donors (Lipinski definition) is 2. The topological polar surface area (TPSA) is 145 Å². The van der Waals surface area contributed by atoms with Crippen LogP contribution in [0.5, 0.6) is 0 Å². The van der Waals surface area contributed by atoms with Crippen LogP contribution in [-0.4, -0.2) is 42.4 Å². The first kappa shape index (κ1) is 25.4. The van der Waals surface area contributed by atoms with Gasteiger partial charge in [0.05, 0.1) is 9.79 Å². The maximum Gasteiger partial charge on any atom is 0.238 e. The summed E-state index contributed by atoms with van der Waals surface area (Å²) in [6.45, 7) is 1.16. The molecule has 3 aromatic carbocycles. The molecule has 0 amide bonds. The first-order valence-corrected chi connectivity index (χ1v) is 13.5. The highest BCUT2D eigenvalue weighted by atomic mass is 32.2. The predicted octanol–water partition coefficient (Wildman–Crippen LogP) is 2.30. The lowest BCUT2D eigenvalue weighted by Crippen LogP contribution is -2.11. The zero-order valence-electron chi connectivity index (χ0n) is 18.4. The molecule has 0 aliphatic carbocycles. The van der Waals surface area contributed by atoms with Gasteiger partial charge in [0.15, 0.2) is 0 Å². The van der Waals surface area contributed by atoms with E-state index in [0.29, 0.717) is 25.9 Å². The molecule has 8 nitrogen and oxygen atoms in total. The van der Waals surface area contributed by atoms with Crippen molar-refractivity contribution in [3.05, 3.63) is 95.1 Å². The van der Waals surface area contributed by atoms with Crippen LogP contribution in [0.4, 0.5) is 0 Å². The highest BCUT2D eigenvalue weighted by Crippen LogP contribution is 2.10. The molecule has 4 N–H and O–H groups in total. The minimum atomic E-state index is -3.67. The molecule has 0 aliphatic rings. The van der Waals surface area contributed by atoms with E-state index in [-0.39, 0.29) is 9.79 Å². The van der Waals surface area contributed by atoms with Crippen LogP contribution in [0.15, 0.2) is 92.6 Å². The van der Waals surface area contributed by atoms with E-state index in [1.54, 1.807) is 36.7 Å². The number of rotatable bonds is 10. The van der Waals surface area contributed by atoms with Gasteiger partial charge < -0.3 is 0 Å². The summed E-state index contributed by atoms with van der Waals surface area (Å²) in [5, 5.41) is 10.2. The zero-order chi connectivity index (χ0) is 24.6. The van der Waals surface area contributed by atoms with Gasteiger partial charge in [-0.2, -0.15) is 0 Å². The SMILES string of the molecule is NS(=O)(=O)c1ccc(CCN=Cc2ccc(C=NCCc3ccc(S(N)(=O)=O)cc3)cc2)cc1. The summed E-state index contributed by atoms with van der Waals surface area (Å²) >= 11 is 0. The number of sulfonamides is 2.